The minimum atomic E-state index is 0.358. The van der Waals surface area contributed by atoms with E-state index in [1.54, 1.807) is 0 Å². The van der Waals surface area contributed by atoms with Gasteiger partial charge in [0.25, 0.3) is 5.90 Å². The zero-order valence-corrected chi connectivity index (χ0v) is 11.8. The van der Waals surface area contributed by atoms with Crippen LogP contribution >= 0.6 is 12.2 Å². The van der Waals surface area contributed by atoms with Crippen LogP contribution in [0.5, 0.6) is 0 Å². The lowest BCUT2D eigenvalue weighted by atomic mass is 10.3. The predicted molar refractivity (Wildman–Crippen MR) is 83.4 cm³/mol. The Balaban J connectivity index is 2.35. The van der Waals surface area contributed by atoms with E-state index in [1.807, 2.05) is 25.1 Å². The van der Waals surface area contributed by atoms with Crippen molar-refractivity contribution in [1.29, 1.82) is 0 Å². The van der Waals surface area contributed by atoms with Gasteiger partial charge in [0.2, 0.25) is 0 Å². The quantitative estimate of drug-likeness (QED) is 0.384. The zero-order valence-electron chi connectivity index (χ0n) is 11.0. The number of aromatic amines is 2. The van der Waals surface area contributed by atoms with Crippen LogP contribution in [0, 0.1) is 29.0 Å². The minimum Gasteiger partial charge on any atom is -0.472 e. The third-order valence-electron chi connectivity index (χ3n) is 2.40. The van der Waals surface area contributed by atoms with Gasteiger partial charge in [0.15, 0.2) is 4.77 Å². The molecule has 100 valence electrons. The molecule has 2 N–H and O–H groups in total. The van der Waals surface area contributed by atoms with Crippen LogP contribution in [0.25, 0.3) is 11.0 Å². The number of benzene rings is 1. The fourth-order valence-electron chi connectivity index (χ4n) is 1.61. The zero-order chi connectivity index (χ0) is 14.4. The van der Waals surface area contributed by atoms with E-state index < -0.39 is 0 Å². The fourth-order valence-corrected chi connectivity index (χ4v) is 1.83. The third kappa shape index (κ3) is 3.50. The van der Waals surface area contributed by atoms with Gasteiger partial charge in [-0.1, -0.05) is 11.8 Å². The Bertz CT molecular complexity index is 796. The molecule has 0 amide bonds. The number of nitrogens with zero attached hydrogens (tertiary/aromatic N) is 1. The molecule has 5 heteroatoms. The molecule has 1 heterocycles. The van der Waals surface area contributed by atoms with Gasteiger partial charge in [-0.25, -0.2) is 4.99 Å². The topological polar surface area (TPSA) is 53.2 Å². The molecule has 1 aromatic carbocycles. The van der Waals surface area contributed by atoms with Crippen molar-refractivity contribution in [3.05, 3.63) is 23.0 Å². The van der Waals surface area contributed by atoms with Gasteiger partial charge in [0.05, 0.1) is 29.7 Å². The summed E-state index contributed by atoms with van der Waals surface area (Å²) in [5.41, 5.74) is 2.57. The Hall–Kier alpha value is -2.50. The van der Waals surface area contributed by atoms with E-state index in [9.17, 15) is 0 Å². The van der Waals surface area contributed by atoms with E-state index in [0.29, 0.717) is 23.7 Å². The summed E-state index contributed by atoms with van der Waals surface area (Å²) >= 11 is 5.04. The number of ether oxygens (including phenoxy) is 1. The van der Waals surface area contributed by atoms with Crippen molar-refractivity contribution >= 4 is 34.8 Å². The van der Waals surface area contributed by atoms with E-state index in [0.717, 1.165) is 16.7 Å². The highest BCUT2D eigenvalue weighted by molar-refractivity contribution is 7.71. The molecule has 0 aliphatic carbocycles. The van der Waals surface area contributed by atoms with Crippen molar-refractivity contribution in [1.82, 2.24) is 9.97 Å². The SMILES string of the molecule is C#CCC#CC(=Nc1ccc2[nH]c(=S)[nH]c2c1)OCC. The Morgan fingerprint density at radius 3 is 2.95 bits per heavy atom. The summed E-state index contributed by atoms with van der Waals surface area (Å²) in [6, 6.07) is 5.64. The predicted octanol–water partition coefficient (Wildman–Crippen LogP) is 3.32. The summed E-state index contributed by atoms with van der Waals surface area (Å²) in [5, 5.41) is 0. The molecule has 0 aliphatic heterocycles. The van der Waals surface area contributed by atoms with E-state index in [2.05, 4.69) is 32.7 Å². The summed E-state index contributed by atoms with van der Waals surface area (Å²) in [7, 11) is 0. The molecule has 0 atom stereocenters. The average Bonchev–Trinajstić information content (AvgIpc) is 2.78. The second-order valence-electron chi connectivity index (χ2n) is 3.84. The van der Waals surface area contributed by atoms with Crippen LogP contribution in [0.4, 0.5) is 5.69 Å². The Kier molecular flexibility index (Phi) is 4.60. The van der Waals surface area contributed by atoms with Gasteiger partial charge in [-0.05, 0) is 43.3 Å². The first-order valence-corrected chi connectivity index (χ1v) is 6.49. The molecule has 0 unspecified atom stereocenters. The number of aromatic nitrogens is 2. The van der Waals surface area contributed by atoms with Gasteiger partial charge in [0, 0.05) is 0 Å². The van der Waals surface area contributed by atoms with Crippen LogP contribution in [0.3, 0.4) is 0 Å². The average molecular weight is 283 g/mol. The lowest BCUT2D eigenvalue weighted by molar-refractivity contribution is 0.332. The lowest BCUT2D eigenvalue weighted by Crippen LogP contribution is -2.00. The van der Waals surface area contributed by atoms with Crippen molar-refractivity contribution in [2.45, 2.75) is 13.3 Å². The first-order chi connectivity index (χ1) is 9.72. The van der Waals surface area contributed by atoms with Crippen LogP contribution in [0.15, 0.2) is 23.2 Å². The standard InChI is InChI=1S/C15H13N3OS/c1-3-5-6-7-14(19-4-2)16-11-8-9-12-13(10-11)18-15(20)17-12/h1,8-10H,4-5H2,2H3,(H2,17,18,20). The van der Waals surface area contributed by atoms with Crippen molar-refractivity contribution in [2.24, 2.45) is 4.99 Å². The van der Waals surface area contributed by atoms with E-state index in [4.69, 9.17) is 23.4 Å². The molecule has 20 heavy (non-hydrogen) atoms. The molecule has 0 saturated carbocycles. The number of fused-ring (bicyclic) bond motifs is 1. The minimum absolute atomic E-state index is 0.358. The molecule has 0 aliphatic rings. The fraction of sp³-hybridized carbons (Fsp3) is 0.200. The first kappa shape index (κ1) is 13.9. The Labute approximate surface area is 122 Å². The maximum absolute atomic E-state index is 5.38. The summed E-state index contributed by atoms with van der Waals surface area (Å²) in [5.74, 6) is 8.44. The highest BCUT2D eigenvalue weighted by Gasteiger charge is 2.00. The van der Waals surface area contributed by atoms with Crippen molar-refractivity contribution < 1.29 is 4.74 Å². The van der Waals surface area contributed by atoms with E-state index in [1.165, 1.54) is 0 Å². The molecule has 0 bridgehead atoms. The number of rotatable bonds is 2. The van der Waals surface area contributed by atoms with Crippen LogP contribution < -0.4 is 0 Å². The van der Waals surface area contributed by atoms with Gasteiger partial charge in [-0.15, -0.1) is 6.42 Å². The molecule has 4 nitrogen and oxygen atoms in total. The van der Waals surface area contributed by atoms with Crippen molar-refractivity contribution in [2.75, 3.05) is 6.61 Å². The second kappa shape index (κ2) is 6.60. The van der Waals surface area contributed by atoms with Crippen LogP contribution in [0.2, 0.25) is 0 Å². The Morgan fingerprint density at radius 1 is 1.40 bits per heavy atom. The van der Waals surface area contributed by atoms with E-state index in [-0.39, 0.29) is 0 Å². The second-order valence-corrected chi connectivity index (χ2v) is 4.25. The normalized spacial score (nSPS) is 10.7. The van der Waals surface area contributed by atoms with Gasteiger partial charge in [-0.3, -0.25) is 0 Å². The molecule has 0 fully saturated rings. The molecular formula is C15H13N3OS. The van der Waals surface area contributed by atoms with Crippen molar-refractivity contribution in [3.63, 3.8) is 0 Å². The van der Waals surface area contributed by atoms with Gasteiger partial charge in [-0.2, -0.15) is 0 Å². The first-order valence-electron chi connectivity index (χ1n) is 6.09. The summed E-state index contributed by atoms with van der Waals surface area (Å²) in [6.45, 7) is 2.38. The third-order valence-corrected chi connectivity index (χ3v) is 2.60. The highest BCUT2D eigenvalue weighted by atomic mass is 32.1. The molecular weight excluding hydrogens is 270 g/mol. The van der Waals surface area contributed by atoms with Gasteiger partial charge in [0.1, 0.15) is 0 Å². The maximum atomic E-state index is 5.38. The maximum Gasteiger partial charge on any atom is 0.268 e. The summed E-state index contributed by atoms with van der Waals surface area (Å²) in [4.78, 5) is 10.4. The number of imidazole rings is 1. The number of aliphatic imine (C=N–C) groups is 1. The van der Waals surface area contributed by atoms with Crippen LogP contribution in [-0.2, 0) is 4.74 Å². The monoisotopic (exact) mass is 283 g/mol. The molecule has 0 spiro atoms. The van der Waals surface area contributed by atoms with Gasteiger partial charge < -0.3 is 14.7 Å². The number of H-pyrrole nitrogens is 2. The Morgan fingerprint density at radius 2 is 2.20 bits per heavy atom. The largest absolute Gasteiger partial charge is 0.472 e. The summed E-state index contributed by atoms with van der Waals surface area (Å²) < 4.78 is 5.96. The highest BCUT2D eigenvalue weighted by Crippen LogP contribution is 2.19. The summed E-state index contributed by atoms with van der Waals surface area (Å²) in [6.07, 6.45) is 5.53. The molecule has 0 radical (unpaired) electrons. The van der Waals surface area contributed by atoms with Crippen molar-refractivity contribution in [3.8, 4) is 24.2 Å². The number of terminal acetylenes is 1. The molecule has 0 saturated heterocycles. The van der Waals surface area contributed by atoms with E-state index >= 15 is 0 Å². The molecule has 2 aromatic rings. The number of nitrogens with one attached hydrogen (secondary N) is 2. The molecule has 1 aromatic heterocycles. The van der Waals surface area contributed by atoms with Crippen LogP contribution in [0.1, 0.15) is 13.3 Å². The lowest BCUT2D eigenvalue weighted by Gasteiger charge is -2.00. The number of hydrogen-bond donors (Lipinski definition) is 2. The molecule has 2 rings (SSSR count). The number of hydrogen-bond acceptors (Lipinski definition) is 3. The smallest absolute Gasteiger partial charge is 0.268 e. The van der Waals surface area contributed by atoms with Crippen LogP contribution in [-0.4, -0.2) is 22.5 Å². The van der Waals surface area contributed by atoms with Gasteiger partial charge >= 0.3 is 0 Å².